The molecule has 0 radical (unpaired) electrons. The second kappa shape index (κ2) is 4.63. The van der Waals surface area contributed by atoms with Crippen LogP contribution >= 0.6 is 15.9 Å². The summed E-state index contributed by atoms with van der Waals surface area (Å²) in [5.74, 6) is 0.481. The van der Waals surface area contributed by atoms with Crippen LogP contribution in [0.15, 0.2) is 22.7 Å². The van der Waals surface area contributed by atoms with Crippen LogP contribution in [0.25, 0.3) is 16.9 Å². The maximum absolute atomic E-state index is 6.13. The van der Waals surface area contributed by atoms with Gasteiger partial charge in [-0.3, -0.25) is 4.57 Å². The highest BCUT2D eigenvalue weighted by atomic mass is 79.9. The van der Waals surface area contributed by atoms with Crippen LogP contribution in [-0.4, -0.2) is 19.3 Å². The van der Waals surface area contributed by atoms with E-state index in [2.05, 4.69) is 45.9 Å². The molecule has 2 heterocycles. The first-order valence-corrected chi connectivity index (χ1v) is 7.30. The van der Waals surface area contributed by atoms with Crippen LogP contribution in [0.4, 0.5) is 5.95 Å². The van der Waals surface area contributed by atoms with E-state index in [1.54, 1.807) is 0 Å². The molecule has 0 spiro atoms. The van der Waals surface area contributed by atoms with Crippen LogP contribution in [0.2, 0.25) is 0 Å². The zero-order valence-corrected chi connectivity index (χ0v) is 13.3. The van der Waals surface area contributed by atoms with Gasteiger partial charge in [-0.15, -0.1) is 0 Å². The van der Waals surface area contributed by atoms with E-state index in [9.17, 15) is 0 Å². The zero-order chi connectivity index (χ0) is 14.4. The van der Waals surface area contributed by atoms with Gasteiger partial charge in [0.2, 0.25) is 5.95 Å². The Morgan fingerprint density at radius 3 is 2.75 bits per heavy atom. The Kier molecular flexibility index (Phi) is 3.05. The van der Waals surface area contributed by atoms with Crippen LogP contribution in [0.5, 0.6) is 0 Å². The number of halogens is 1. The highest BCUT2D eigenvalue weighted by Gasteiger charge is 2.19. The fourth-order valence-corrected chi connectivity index (χ4v) is 2.89. The number of nitrogen functional groups attached to an aromatic ring is 1. The lowest BCUT2D eigenvalue weighted by Gasteiger charge is -2.11. The monoisotopic (exact) mass is 333 g/mol. The molecule has 1 aromatic carbocycles. The van der Waals surface area contributed by atoms with Crippen molar-refractivity contribution in [2.24, 2.45) is 0 Å². The molecule has 0 bridgehead atoms. The number of anilines is 1. The van der Waals surface area contributed by atoms with E-state index >= 15 is 0 Å². The Balaban J connectivity index is 2.41. The SMILES string of the molecule is CCn1nc(C)c2nc(N)n(-c3cccc(C)c3Br)c21. The minimum atomic E-state index is 0.481. The number of benzene rings is 1. The summed E-state index contributed by atoms with van der Waals surface area (Å²) >= 11 is 3.64. The maximum Gasteiger partial charge on any atom is 0.207 e. The topological polar surface area (TPSA) is 61.7 Å². The second-order valence-corrected chi connectivity index (χ2v) is 5.58. The molecule has 20 heavy (non-hydrogen) atoms. The van der Waals surface area contributed by atoms with Gasteiger partial charge in [-0.1, -0.05) is 12.1 Å². The van der Waals surface area contributed by atoms with Crippen LogP contribution < -0.4 is 5.73 Å². The molecule has 2 aromatic heterocycles. The molecule has 0 aliphatic rings. The number of hydrogen-bond acceptors (Lipinski definition) is 3. The smallest absolute Gasteiger partial charge is 0.207 e. The molecule has 0 unspecified atom stereocenters. The van der Waals surface area contributed by atoms with E-state index < -0.39 is 0 Å². The molecule has 0 amide bonds. The number of hydrogen-bond donors (Lipinski definition) is 1. The van der Waals surface area contributed by atoms with Crippen molar-refractivity contribution in [1.29, 1.82) is 0 Å². The second-order valence-electron chi connectivity index (χ2n) is 4.79. The van der Waals surface area contributed by atoms with Gasteiger partial charge in [0.1, 0.15) is 5.52 Å². The summed E-state index contributed by atoms with van der Waals surface area (Å²) in [6.45, 7) is 6.85. The first kappa shape index (κ1) is 13.2. The maximum atomic E-state index is 6.13. The average molecular weight is 334 g/mol. The van der Waals surface area contributed by atoms with Crippen molar-refractivity contribution in [3.63, 3.8) is 0 Å². The lowest BCUT2D eigenvalue weighted by molar-refractivity contribution is 0.663. The molecule has 6 heteroatoms. The van der Waals surface area contributed by atoms with Gasteiger partial charge in [0.25, 0.3) is 0 Å². The van der Waals surface area contributed by atoms with Crippen molar-refractivity contribution in [1.82, 2.24) is 19.3 Å². The van der Waals surface area contributed by atoms with Crippen LogP contribution in [0.3, 0.4) is 0 Å². The predicted molar refractivity (Wildman–Crippen MR) is 84.1 cm³/mol. The molecule has 0 saturated heterocycles. The number of aryl methyl sites for hydroxylation is 3. The minimum absolute atomic E-state index is 0.481. The van der Waals surface area contributed by atoms with Crippen molar-refractivity contribution in [2.75, 3.05) is 5.73 Å². The largest absolute Gasteiger partial charge is 0.369 e. The molecule has 0 saturated carbocycles. The summed E-state index contributed by atoms with van der Waals surface area (Å²) in [5, 5.41) is 4.51. The molecular formula is C14H16BrN5. The summed E-state index contributed by atoms with van der Waals surface area (Å²) < 4.78 is 4.91. The van der Waals surface area contributed by atoms with Gasteiger partial charge in [0, 0.05) is 11.0 Å². The Bertz CT molecular complexity index is 800. The first-order chi connectivity index (χ1) is 9.54. The molecule has 0 aliphatic heterocycles. The number of fused-ring (bicyclic) bond motifs is 1. The first-order valence-electron chi connectivity index (χ1n) is 6.51. The summed E-state index contributed by atoms with van der Waals surface area (Å²) in [4.78, 5) is 4.46. The molecule has 2 N–H and O–H groups in total. The standard InChI is InChI=1S/C14H16BrN5/c1-4-19-13-12(9(3)18-19)17-14(16)20(13)10-7-5-6-8(2)11(10)15/h5-7H,4H2,1-3H3,(H2,16,17). The number of imidazole rings is 1. The highest BCUT2D eigenvalue weighted by Crippen LogP contribution is 2.31. The van der Waals surface area contributed by atoms with E-state index in [-0.39, 0.29) is 0 Å². The van der Waals surface area contributed by atoms with Crippen molar-refractivity contribution >= 4 is 33.0 Å². The minimum Gasteiger partial charge on any atom is -0.369 e. The predicted octanol–water partition coefficient (Wildman–Crippen LogP) is 3.20. The summed E-state index contributed by atoms with van der Waals surface area (Å²) in [6.07, 6.45) is 0. The number of rotatable bonds is 2. The molecule has 0 aliphatic carbocycles. The Morgan fingerprint density at radius 1 is 1.30 bits per heavy atom. The number of aromatic nitrogens is 4. The van der Waals surface area contributed by atoms with Gasteiger partial charge in [0.15, 0.2) is 5.65 Å². The van der Waals surface area contributed by atoms with E-state index in [1.807, 2.05) is 28.3 Å². The lowest BCUT2D eigenvalue weighted by Crippen LogP contribution is -2.07. The van der Waals surface area contributed by atoms with Gasteiger partial charge < -0.3 is 5.73 Å². The van der Waals surface area contributed by atoms with E-state index in [1.165, 1.54) is 0 Å². The lowest BCUT2D eigenvalue weighted by atomic mass is 10.2. The average Bonchev–Trinajstić information content (AvgIpc) is 2.90. The quantitative estimate of drug-likeness (QED) is 0.783. The van der Waals surface area contributed by atoms with Crippen molar-refractivity contribution in [3.05, 3.63) is 33.9 Å². The molecular weight excluding hydrogens is 318 g/mol. The van der Waals surface area contributed by atoms with Gasteiger partial charge in [-0.05, 0) is 48.3 Å². The fraction of sp³-hybridized carbons (Fsp3) is 0.286. The Labute approximate surface area is 125 Å². The molecule has 0 fully saturated rings. The number of nitrogens with zero attached hydrogens (tertiary/aromatic N) is 4. The fourth-order valence-electron chi connectivity index (χ4n) is 2.45. The van der Waals surface area contributed by atoms with Gasteiger partial charge in [0.05, 0.1) is 11.4 Å². The summed E-state index contributed by atoms with van der Waals surface area (Å²) in [6, 6.07) is 6.09. The van der Waals surface area contributed by atoms with Crippen molar-refractivity contribution in [3.8, 4) is 5.69 Å². The molecule has 104 valence electrons. The molecule has 3 aromatic rings. The zero-order valence-electron chi connectivity index (χ0n) is 11.7. The Morgan fingerprint density at radius 2 is 2.05 bits per heavy atom. The van der Waals surface area contributed by atoms with E-state index in [0.717, 1.165) is 39.1 Å². The van der Waals surface area contributed by atoms with Gasteiger partial charge in [-0.2, -0.15) is 5.10 Å². The highest BCUT2D eigenvalue weighted by molar-refractivity contribution is 9.10. The van der Waals surface area contributed by atoms with Gasteiger partial charge in [-0.25, -0.2) is 9.67 Å². The Hall–Kier alpha value is -1.82. The van der Waals surface area contributed by atoms with Crippen LogP contribution in [-0.2, 0) is 6.54 Å². The third-order valence-electron chi connectivity index (χ3n) is 3.45. The summed E-state index contributed by atoms with van der Waals surface area (Å²) in [5.41, 5.74) is 11.0. The molecule has 0 atom stereocenters. The number of nitrogens with two attached hydrogens (primary N) is 1. The summed E-state index contributed by atoms with van der Waals surface area (Å²) in [7, 11) is 0. The third kappa shape index (κ3) is 1.75. The van der Waals surface area contributed by atoms with E-state index in [0.29, 0.717) is 5.95 Å². The van der Waals surface area contributed by atoms with E-state index in [4.69, 9.17) is 5.73 Å². The van der Waals surface area contributed by atoms with Crippen molar-refractivity contribution in [2.45, 2.75) is 27.3 Å². The van der Waals surface area contributed by atoms with Gasteiger partial charge >= 0.3 is 0 Å². The normalized spacial score (nSPS) is 11.4. The molecule has 5 nitrogen and oxygen atoms in total. The van der Waals surface area contributed by atoms with Crippen molar-refractivity contribution < 1.29 is 0 Å². The third-order valence-corrected chi connectivity index (χ3v) is 4.48. The van der Waals surface area contributed by atoms with Crippen LogP contribution in [0, 0.1) is 13.8 Å². The van der Waals surface area contributed by atoms with Crippen LogP contribution in [0.1, 0.15) is 18.2 Å². The molecule has 3 rings (SSSR count).